The van der Waals surface area contributed by atoms with Crippen LogP contribution in [0.15, 0.2) is 53.7 Å². The van der Waals surface area contributed by atoms with Gasteiger partial charge in [0.2, 0.25) is 0 Å². The number of carbonyl (C=O) groups is 2. The summed E-state index contributed by atoms with van der Waals surface area (Å²) in [5, 5.41) is 3.61. The van der Waals surface area contributed by atoms with Gasteiger partial charge in [-0.3, -0.25) is 4.79 Å². The molecule has 3 rings (SSSR count). The van der Waals surface area contributed by atoms with Gasteiger partial charge in [0, 0.05) is 11.6 Å². The van der Waals surface area contributed by atoms with Crippen LogP contribution in [0.3, 0.4) is 0 Å². The number of halogens is 2. The molecule has 0 fully saturated rings. The zero-order chi connectivity index (χ0) is 15.7. The second-order valence-electron chi connectivity index (χ2n) is 4.67. The van der Waals surface area contributed by atoms with Gasteiger partial charge in [0.1, 0.15) is 17.3 Å². The van der Waals surface area contributed by atoms with E-state index in [9.17, 15) is 18.4 Å². The van der Waals surface area contributed by atoms with E-state index in [4.69, 9.17) is 0 Å². The Morgan fingerprint density at radius 2 is 1.82 bits per heavy atom. The van der Waals surface area contributed by atoms with Crippen molar-refractivity contribution in [2.75, 3.05) is 0 Å². The quantitative estimate of drug-likeness (QED) is 0.497. The van der Waals surface area contributed by atoms with E-state index in [0.29, 0.717) is 11.6 Å². The first-order chi connectivity index (χ1) is 10.6. The van der Waals surface area contributed by atoms with Crippen molar-refractivity contribution in [3.8, 4) is 0 Å². The van der Waals surface area contributed by atoms with Crippen molar-refractivity contribution in [3.63, 3.8) is 0 Å². The highest BCUT2D eigenvalue weighted by molar-refractivity contribution is 6.29. The zero-order valence-corrected chi connectivity index (χ0v) is 11.1. The summed E-state index contributed by atoms with van der Waals surface area (Å²) in [6.07, 6.45) is 0. The van der Waals surface area contributed by atoms with E-state index in [2.05, 4.69) is 9.99 Å². The number of ketones is 1. The maximum Gasteiger partial charge on any atom is 0.351 e. The van der Waals surface area contributed by atoms with Crippen molar-refractivity contribution in [2.45, 2.75) is 0 Å². The third-order valence-electron chi connectivity index (χ3n) is 3.27. The molecule has 1 heterocycles. The number of nitrogens with zero attached hydrogens (tertiary/aromatic N) is 1. The van der Waals surface area contributed by atoms with Crippen LogP contribution in [0.5, 0.6) is 0 Å². The average Bonchev–Trinajstić information content (AvgIpc) is 2.89. The minimum Gasteiger partial charge on any atom is -0.317 e. The van der Waals surface area contributed by atoms with Crippen molar-refractivity contribution >= 4 is 17.5 Å². The van der Waals surface area contributed by atoms with E-state index < -0.39 is 29.3 Å². The van der Waals surface area contributed by atoms with Gasteiger partial charge in [-0.25, -0.2) is 13.6 Å². The molecule has 0 radical (unpaired) electrons. The Morgan fingerprint density at radius 3 is 2.50 bits per heavy atom. The molecular formula is C16H9F2NO3. The maximum absolute atomic E-state index is 13.8. The van der Waals surface area contributed by atoms with Gasteiger partial charge < -0.3 is 4.84 Å². The summed E-state index contributed by atoms with van der Waals surface area (Å²) in [7, 11) is 0. The summed E-state index contributed by atoms with van der Waals surface area (Å²) in [4.78, 5) is 28.8. The summed E-state index contributed by atoms with van der Waals surface area (Å²) in [6, 6.07) is 11.0. The van der Waals surface area contributed by atoms with E-state index in [1.165, 1.54) is 0 Å². The second-order valence-corrected chi connectivity index (χ2v) is 4.67. The molecule has 0 bridgehead atoms. The minimum absolute atomic E-state index is 0.110. The SMILES string of the molecule is O=C1ON=C(c2ccccc2)C1C(=O)c1ccc(F)cc1F. The van der Waals surface area contributed by atoms with Crippen LogP contribution in [0.4, 0.5) is 8.78 Å². The Hall–Kier alpha value is -2.89. The Morgan fingerprint density at radius 1 is 1.09 bits per heavy atom. The van der Waals surface area contributed by atoms with Crippen molar-refractivity contribution in [2.24, 2.45) is 11.1 Å². The van der Waals surface area contributed by atoms with Gasteiger partial charge in [0.25, 0.3) is 0 Å². The molecule has 0 spiro atoms. The molecule has 22 heavy (non-hydrogen) atoms. The number of hydrogen-bond donors (Lipinski definition) is 0. The molecule has 1 unspecified atom stereocenters. The minimum atomic E-state index is -1.36. The van der Waals surface area contributed by atoms with Crippen molar-refractivity contribution in [1.82, 2.24) is 0 Å². The van der Waals surface area contributed by atoms with Crippen LogP contribution in [0.2, 0.25) is 0 Å². The summed E-state index contributed by atoms with van der Waals surface area (Å²) < 4.78 is 26.7. The molecule has 2 aromatic rings. The largest absolute Gasteiger partial charge is 0.351 e. The Bertz CT molecular complexity index is 787. The lowest BCUT2D eigenvalue weighted by atomic mass is 9.89. The molecule has 1 aliphatic rings. The molecule has 0 N–H and O–H groups in total. The Balaban J connectivity index is 2.00. The molecular weight excluding hydrogens is 292 g/mol. The van der Waals surface area contributed by atoms with E-state index >= 15 is 0 Å². The number of carbonyl (C=O) groups excluding carboxylic acids is 2. The molecule has 0 saturated heterocycles. The first kappa shape index (κ1) is 14.1. The van der Waals surface area contributed by atoms with E-state index in [0.717, 1.165) is 12.1 Å². The molecule has 0 saturated carbocycles. The van der Waals surface area contributed by atoms with E-state index in [1.807, 2.05) is 0 Å². The van der Waals surface area contributed by atoms with Gasteiger partial charge >= 0.3 is 5.97 Å². The predicted molar refractivity (Wildman–Crippen MR) is 73.2 cm³/mol. The van der Waals surface area contributed by atoms with Gasteiger partial charge in [-0.15, -0.1) is 0 Å². The highest BCUT2D eigenvalue weighted by Crippen LogP contribution is 2.24. The number of benzene rings is 2. The van der Waals surface area contributed by atoms with Crippen LogP contribution >= 0.6 is 0 Å². The molecule has 4 nitrogen and oxygen atoms in total. The third-order valence-corrected chi connectivity index (χ3v) is 3.27. The topological polar surface area (TPSA) is 55.7 Å². The fraction of sp³-hybridized carbons (Fsp3) is 0.0625. The highest BCUT2D eigenvalue weighted by atomic mass is 19.1. The lowest BCUT2D eigenvalue weighted by molar-refractivity contribution is -0.142. The Labute approximate surface area is 124 Å². The number of Topliss-reactive ketones (excluding diaryl/α,β-unsaturated/α-hetero) is 1. The van der Waals surface area contributed by atoms with Gasteiger partial charge in [0.15, 0.2) is 11.7 Å². The number of oxime groups is 1. The number of rotatable bonds is 3. The van der Waals surface area contributed by atoms with Crippen LogP contribution in [-0.2, 0) is 9.63 Å². The summed E-state index contributed by atoms with van der Waals surface area (Å²) in [6.45, 7) is 0. The molecule has 0 amide bonds. The molecule has 0 aliphatic carbocycles. The zero-order valence-electron chi connectivity index (χ0n) is 11.1. The maximum atomic E-state index is 13.8. The fourth-order valence-corrected chi connectivity index (χ4v) is 2.22. The van der Waals surface area contributed by atoms with Gasteiger partial charge in [-0.1, -0.05) is 35.5 Å². The van der Waals surface area contributed by atoms with Gasteiger partial charge in [-0.05, 0) is 12.1 Å². The predicted octanol–water partition coefficient (Wildman–Crippen LogP) is 2.72. The first-order valence-electron chi connectivity index (χ1n) is 6.41. The molecule has 110 valence electrons. The normalized spacial score (nSPS) is 17.1. The smallest absolute Gasteiger partial charge is 0.317 e. The fourth-order valence-electron chi connectivity index (χ4n) is 2.22. The summed E-state index contributed by atoms with van der Waals surface area (Å²) in [5.74, 6) is -4.89. The standard InChI is InChI=1S/C16H9F2NO3/c17-10-6-7-11(12(18)8-10)15(20)13-14(19-22-16(13)21)9-4-2-1-3-5-9/h1-8,13H. The highest BCUT2D eigenvalue weighted by Gasteiger charge is 2.41. The van der Waals surface area contributed by atoms with Gasteiger partial charge in [0.05, 0.1) is 5.56 Å². The van der Waals surface area contributed by atoms with Crippen molar-refractivity contribution in [1.29, 1.82) is 0 Å². The van der Waals surface area contributed by atoms with Crippen molar-refractivity contribution < 1.29 is 23.2 Å². The molecule has 0 aromatic heterocycles. The molecule has 1 aliphatic heterocycles. The van der Waals surface area contributed by atoms with E-state index in [-0.39, 0.29) is 11.3 Å². The molecule has 1 atom stereocenters. The van der Waals surface area contributed by atoms with Crippen LogP contribution in [-0.4, -0.2) is 17.5 Å². The summed E-state index contributed by atoms with van der Waals surface area (Å²) in [5.41, 5.74) is 0.252. The van der Waals surface area contributed by atoms with Crippen molar-refractivity contribution in [3.05, 3.63) is 71.3 Å². The van der Waals surface area contributed by atoms with Crippen LogP contribution in [0.25, 0.3) is 0 Å². The van der Waals surface area contributed by atoms with Gasteiger partial charge in [-0.2, -0.15) is 0 Å². The second kappa shape index (κ2) is 5.48. The summed E-state index contributed by atoms with van der Waals surface area (Å²) >= 11 is 0. The lowest BCUT2D eigenvalue weighted by Gasteiger charge is -2.09. The molecule has 6 heteroatoms. The van der Waals surface area contributed by atoms with Crippen LogP contribution in [0.1, 0.15) is 15.9 Å². The number of hydrogen-bond acceptors (Lipinski definition) is 4. The Kier molecular flexibility index (Phi) is 3.50. The first-order valence-corrected chi connectivity index (χ1v) is 6.41. The third kappa shape index (κ3) is 2.39. The van der Waals surface area contributed by atoms with E-state index in [1.54, 1.807) is 30.3 Å². The molecule has 2 aromatic carbocycles. The van der Waals surface area contributed by atoms with Crippen LogP contribution < -0.4 is 0 Å². The van der Waals surface area contributed by atoms with Crippen LogP contribution in [0, 0.1) is 17.6 Å². The lowest BCUT2D eigenvalue weighted by Crippen LogP contribution is -2.29. The average molecular weight is 301 g/mol. The monoisotopic (exact) mass is 301 g/mol.